The van der Waals surface area contributed by atoms with Crippen molar-refractivity contribution in [2.45, 2.75) is 0 Å². The van der Waals surface area contributed by atoms with Gasteiger partial charge in [0.1, 0.15) is 12.4 Å². The molecule has 104 valence electrons. The van der Waals surface area contributed by atoms with Crippen molar-refractivity contribution >= 4 is 44.4 Å². The van der Waals surface area contributed by atoms with Gasteiger partial charge in [-0.2, -0.15) is 0 Å². The maximum atomic E-state index is 12.0. The van der Waals surface area contributed by atoms with Crippen LogP contribution in [0, 0.1) is 3.57 Å². The molecule has 0 fully saturated rings. The molecule has 2 rings (SSSR count). The van der Waals surface area contributed by atoms with Gasteiger partial charge in [-0.25, -0.2) is 0 Å². The summed E-state index contributed by atoms with van der Waals surface area (Å²) in [5.41, 5.74) is 0.636. The Bertz CT molecular complexity index is 590. The minimum Gasteiger partial charge on any atom is -0.492 e. The monoisotopic (exact) mass is 445 g/mol. The Morgan fingerprint density at radius 2 is 1.95 bits per heavy atom. The van der Waals surface area contributed by atoms with Gasteiger partial charge in [-0.1, -0.05) is 18.2 Å². The fraction of sp³-hybridized carbons (Fsp3) is 0.133. The van der Waals surface area contributed by atoms with Crippen molar-refractivity contribution in [1.82, 2.24) is 5.32 Å². The van der Waals surface area contributed by atoms with Crippen molar-refractivity contribution in [3.8, 4) is 5.75 Å². The highest BCUT2D eigenvalue weighted by Gasteiger charge is 2.09. The van der Waals surface area contributed by atoms with Crippen molar-refractivity contribution in [3.05, 3.63) is 62.1 Å². The molecule has 2 aromatic carbocycles. The van der Waals surface area contributed by atoms with Gasteiger partial charge in [0.15, 0.2) is 0 Å². The number of carbonyl (C=O) groups excluding carboxylic acids is 1. The summed E-state index contributed by atoms with van der Waals surface area (Å²) in [5.74, 6) is 0.698. The Labute approximate surface area is 140 Å². The van der Waals surface area contributed by atoms with E-state index in [4.69, 9.17) is 4.74 Å². The number of hydrogen-bond donors (Lipinski definition) is 1. The smallest absolute Gasteiger partial charge is 0.252 e. The lowest BCUT2D eigenvalue weighted by Gasteiger charge is -2.09. The minimum atomic E-state index is -0.105. The zero-order valence-corrected chi connectivity index (χ0v) is 14.3. The van der Waals surface area contributed by atoms with E-state index in [0.29, 0.717) is 18.7 Å². The van der Waals surface area contributed by atoms with Crippen molar-refractivity contribution in [2.24, 2.45) is 0 Å². The summed E-state index contributed by atoms with van der Waals surface area (Å²) in [6.45, 7) is 0.906. The number of carbonyl (C=O) groups is 1. The van der Waals surface area contributed by atoms with Crippen LogP contribution in [0.1, 0.15) is 10.4 Å². The standard InChI is InChI=1S/C15H13BrINO2/c16-14-7-6-11(17)10-13(14)15(19)18-8-9-20-12-4-2-1-3-5-12/h1-7,10H,8-9H2,(H,18,19). The first kappa shape index (κ1) is 15.3. The molecule has 2 aromatic rings. The molecule has 0 bridgehead atoms. The second-order valence-corrected chi connectivity index (χ2v) is 6.14. The molecule has 0 saturated heterocycles. The quantitative estimate of drug-likeness (QED) is 0.560. The van der Waals surface area contributed by atoms with E-state index in [-0.39, 0.29) is 5.91 Å². The van der Waals surface area contributed by atoms with E-state index in [9.17, 15) is 4.79 Å². The van der Waals surface area contributed by atoms with Gasteiger partial charge < -0.3 is 10.1 Å². The Kier molecular flexibility index (Phi) is 5.85. The van der Waals surface area contributed by atoms with Crippen LogP contribution in [0.4, 0.5) is 0 Å². The molecule has 5 heteroatoms. The molecular weight excluding hydrogens is 433 g/mol. The Morgan fingerprint density at radius 3 is 2.70 bits per heavy atom. The summed E-state index contributed by atoms with van der Waals surface area (Å²) in [5, 5.41) is 2.84. The van der Waals surface area contributed by atoms with Gasteiger partial charge in [0.2, 0.25) is 0 Å². The number of benzene rings is 2. The van der Waals surface area contributed by atoms with Gasteiger partial charge in [0.05, 0.1) is 12.1 Å². The lowest BCUT2D eigenvalue weighted by molar-refractivity contribution is 0.0946. The normalized spacial score (nSPS) is 10.1. The highest BCUT2D eigenvalue weighted by Crippen LogP contribution is 2.19. The number of para-hydroxylation sites is 1. The highest BCUT2D eigenvalue weighted by molar-refractivity contribution is 14.1. The summed E-state index contributed by atoms with van der Waals surface area (Å²) in [6.07, 6.45) is 0. The number of amides is 1. The summed E-state index contributed by atoms with van der Waals surface area (Å²) in [6, 6.07) is 15.2. The molecule has 20 heavy (non-hydrogen) atoms. The van der Waals surface area contributed by atoms with E-state index >= 15 is 0 Å². The topological polar surface area (TPSA) is 38.3 Å². The van der Waals surface area contributed by atoms with E-state index in [1.54, 1.807) is 0 Å². The van der Waals surface area contributed by atoms with Crippen LogP contribution in [0.15, 0.2) is 53.0 Å². The molecule has 1 N–H and O–H groups in total. The largest absolute Gasteiger partial charge is 0.492 e. The first-order chi connectivity index (χ1) is 9.66. The number of ether oxygens (including phenoxy) is 1. The number of halogens is 2. The molecule has 0 aromatic heterocycles. The maximum Gasteiger partial charge on any atom is 0.252 e. The highest BCUT2D eigenvalue weighted by atomic mass is 127. The summed E-state index contributed by atoms with van der Waals surface area (Å²) < 4.78 is 7.33. The van der Waals surface area contributed by atoms with Crippen LogP contribution in [-0.2, 0) is 0 Å². The average molecular weight is 446 g/mol. The van der Waals surface area contributed by atoms with Crippen LogP contribution in [0.5, 0.6) is 5.75 Å². The molecular formula is C15H13BrINO2. The van der Waals surface area contributed by atoms with Crippen LogP contribution in [0.25, 0.3) is 0 Å². The SMILES string of the molecule is O=C(NCCOc1ccccc1)c1cc(I)ccc1Br. The van der Waals surface area contributed by atoms with Crippen molar-refractivity contribution in [2.75, 3.05) is 13.2 Å². The molecule has 1 amide bonds. The number of rotatable bonds is 5. The van der Waals surface area contributed by atoms with E-state index in [1.807, 2.05) is 48.5 Å². The van der Waals surface area contributed by atoms with E-state index in [2.05, 4.69) is 43.8 Å². The molecule has 0 radical (unpaired) electrons. The lowest BCUT2D eigenvalue weighted by atomic mass is 10.2. The van der Waals surface area contributed by atoms with Gasteiger partial charge in [-0.3, -0.25) is 4.79 Å². The van der Waals surface area contributed by atoms with E-state index < -0.39 is 0 Å². The molecule has 0 aliphatic heterocycles. The third-order valence-electron chi connectivity index (χ3n) is 2.57. The van der Waals surface area contributed by atoms with Gasteiger partial charge in [0.25, 0.3) is 5.91 Å². The molecule has 3 nitrogen and oxygen atoms in total. The van der Waals surface area contributed by atoms with Crippen LogP contribution in [0.2, 0.25) is 0 Å². The molecule has 0 spiro atoms. The fourth-order valence-corrected chi connectivity index (χ4v) is 2.53. The molecule has 0 aliphatic rings. The number of nitrogens with one attached hydrogen (secondary N) is 1. The zero-order chi connectivity index (χ0) is 14.4. The van der Waals surface area contributed by atoms with E-state index in [1.165, 1.54) is 0 Å². The Morgan fingerprint density at radius 1 is 1.20 bits per heavy atom. The second kappa shape index (κ2) is 7.64. The molecule has 0 aliphatic carbocycles. The first-order valence-electron chi connectivity index (χ1n) is 6.08. The van der Waals surface area contributed by atoms with Crippen LogP contribution < -0.4 is 10.1 Å². The van der Waals surface area contributed by atoms with E-state index in [0.717, 1.165) is 13.8 Å². The third-order valence-corrected chi connectivity index (χ3v) is 3.94. The molecule has 0 heterocycles. The van der Waals surface area contributed by atoms with Gasteiger partial charge in [0, 0.05) is 8.04 Å². The first-order valence-corrected chi connectivity index (χ1v) is 7.95. The van der Waals surface area contributed by atoms with Crippen LogP contribution >= 0.6 is 38.5 Å². The van der Waals surface area contributed by atoms with Gasteiger partial charge in [-0.05, 0) is 68.9 Å². The minimum absolute atomic E-state index is 0.105. The fourth-order valence-electron chi connectivity index (χ4n) is 1.62. The average Bonchev–Trinajstić information content (AvgIpc) is 2.47. The Hall–Kier alpha value is -1.08. The predicted molar refractivity (Wildman–Crippen MR) is 91.1 cm³/mol. The van der Waals surface area contributed by atoms with Crippen molar-refractivity contribution in [1.29, 1.82) is 0 Å². The predicted octanol–water partition coefficient (Wildman–Crippen LogP) is 3.86. The molecule has 0 unspecified atom stereocenters. The molecule has 0 saturated carbocycles. The molecule has 0 atom stereocenters. The van der Waals surface area contributed by atoms with Crippen LogP contribution in [0.3, 0.4) is 0 Å². The van der Waals surface area contributed by atoms with Crippen molar-refractivity contribution < 1.29 is 9.53 Å². The maximum absolute atomic E-state index is 12.0. The van der Waals surface area contributed by atoms with Gasteiger partial charge >= 0.3 is 0 Å². The summed E-state index contributed by atoms with van der Waals surface area (Å²) in [4.78, 5) is 12.0. The summed E-state index contributed by atoms with van der Waals surface area (Å²) >= 11 is 5.56. The zero-order valence-electron chi connectivity index (χ0n) is 10.6. The van der Waals surface area contributed by atoms with Crippen LogP contribution in [-0.4, -0.2) is 19.1 Å². The number of hydrogen-bond acceptors (Lipinski definition) is 2. The van der Waals surface area contributed by atoms with Gasteiger partial charge in [-0.15, -0.1) is 0 Å². The third kappa shape index (κ3) is 4.49. The van der Waals surface area contributed by atoms with Crippen molar-refractivity contribution in [3.63, 3.8) is 0 Å². The lowest BCUT2D eigenvalue weighted by Crippen LogP contribution is -2.28. The Balaban J connectivity index is 1.82. The second-order valence-electron chi connectivity index (χ2n) is 4.04. The summed E-state index contributed by atoms with van der Waals surface area (Å²) in [7, 11) is 0.